The second kappa shape index (κ2) is 13.0. The number of carbonyl (C=O) groups excluding carboxylic acids is 1. The maximum absolute atomic E-state index is 14.0. The van der Waals surface area contributed by atoms with Gasteiger partial charge in [-0.1, -0.05) is 47.5 Å². The number of aromatic nitrogens is 3. The topological polar surface area (TPSA) is 114 Å². The zero-order valence-corrected chi connectivity index (χ0v) is 27.0. The van der Waals surface area contributed by atoms with Gasteiger partial charge in [0.05, 0.1) is 34.2 Å². The molecular formula is C33H36ClN3O6S. The molecule has 0 fully saturated rings. The Morgan fingerprint density at radius 2 is 1.89 bits per heavy atom. The maximum Gasteiger partial charge on any atom is 0.305 e. The van der Waals surface area contributed by atoms with Gasteiger partial charge in [-0.2, -0.15) is 4.98 Å². The van der Waals surface area contributed by atoms with E-state index in [4.69, 9.17) is 30.6 Å². The minimum atomic E-state index is -3.95. The number of ether oxygens (including phenoxy) is 2. The largest absolute Gasteiger partial charge is 0.489 e. The Morgan fingerprint density at radius 1 is 1.14 bits per heavy atom. The first-order valence-corrected chi connectivity index (χ1v) is 16.5. The maximum atomic E-state index is 14.0. The van der Waals surface area contributed by atoms with Crippen molar-refractivity contribution in [2.75, 3.05) is 6.61 Å². The highest BCUT2D eigenvalue weighted by atomic mass is 35.5. The van der Waals surface area contributed by atoms with Crippen molar-refractivity contribution in [1.82, 2.24) is 14.1 Å². The minimum absolute atomic E-state index is 0.0362. The summed E-state index contributed by atoms with van der Waals surface area (Å²) in [4.78, 5) is 16.9. The van der Waals surface area contributed by atoms with E-state index in [1.807, 2.05) is 33.8 Å². The van der Waals surface area contributed by atoms with Crippen LogP contribution in [0, 0.1) is 12.8 Å². The molecule has 0 bridgehead atoms. The van der Waals surface area contributed by atoms with Crippen LogP contribution in [0.3, 0.4) is 0 Å². The van der Waals surface area contributed by atoms with Gasteiger partial charge in [-0.15, -0.1) is 0 Å². The third kappa shape index (κ3) is 6.46. The number of allylic oxidation sites excluding steroid dienone is 2. The molecule has 0 saturated heterocycles. The molecule has 44 heavy (non-hydrogen) atoms. The lowest BCUT2D eigenvalue weighted by Crippen LogP contribution is -2.24. The van der Waals surface area contributed by atoms with Crippen LogP contribution < -0.4 is 4.74 Å². The van der Waals surface area contributed by atoms with Crippen molar-refractivity contribution in [3.8, 4) is 17.2 Å². The number of rotatable bonds is 11. The molecule has 232 valence electrons. The van der Waals surface area contributed by atoms with Crippen molar-refractivity contribution in [3.63, 3.8) is 0 Å². The van der Waals surface area contributed by atoms with E-state index in [9.17, 15) is 13.2 Å². The minimum Gasteiger partial charge on any atom is -0.489 e. The highest BCUT2D eigenvalue weighted by Gasteiger charge is 2.37. The normalized spacial score (nSPS) is 16.5. The van der Waals surface area contributed by atoms with E-state index < -0.39 is 15.9 Å². The molecule has 2 aromatic carbocycles. The zero-order chi connectivity index (χ0) is 31.6. The molecule has 0 spiro atoms. The first kappa shape index (κ1) is 31.5. The number of nitrogens with zero attached hydrogens (tertiary/aromatic N) is 3. The molecule has 9 nitrogen and oxygen atoms in total. The first-order valence-electron chi connectivity index (χ1n) is 14.7. The lowest BCUT2D eigenvalue weighted by atomic mass is 9.79. The van der Waals surface area contributed by atoms with Crippen LogP contribution in [0.25, 0.3) is 17.0 Å². The average molecular weight is 638 g/mol. The van der Waals surface area contributed by atoms with Gasteiger partial charge < -0.3 is 14.0 Å². The highest BCUT2D eigenvalue weighted by Crippen LogP contribution is 2.45. The van der Waals surface area contributed by atoms with E-state index in [2.05, 4.69) is 11.2 Å². The number of fused-ring (bicyclic) bond motifs is 1. The van der Waals surface area contributed by atoms with Crippen molar-refractivity contribution in [2.24, 2.45) is 5.92 Å². The van der Waals surface area contributed by atoms with E-state index in [1.165, 1.54) is 3.97 Å². The number of benzene rings is 2. The third-order valence-electron chi connectivity index (χ3n) is 7.49. The molecule has 11 heteroatoms. The van der Waals surface area contributed by atoms with Gasteiger partial charge in [-0.3, -0.25) is 4.79 Å². The van der Waals surface area contributed by atoms with Crippen LogP contribution in [0.5, 0.6) is 5.75 Å². The predicted octanol–water partition coefficient (Wildman–Crippen LogP) is 7.42. The number of halogens is 1. The summed E-state index contributed by atoms with van der Waals surface area (Å²) in [6, 6.07) is 13.8. The second-order valence-electron chi connectivity index (χ2n) is 11.2. The first-order chi connectivity index (χ1) is 21.0. The van der Waals surface area contributed by atoms with E-state index in [1.54, 1.807) is 55.6 Å². The van der Waals surface area contributed by atoms with E-state index in [0.717, 1.165) is 16.7 Å². The van der Waals surface area contributed by atoms with E-state index >= 15 is 0 Å². The molecular weight excluding hydrogens is 602 g/mol. The van der Waals surface area contributed by atoms with Gasteiger partial charge in [0.1, 0.15) is 5.75 Å². The fourth-order valence-electron chi connectivity index (χ4n) is 5.48. The Bertz CT molecular complexity index is 1790. The molecule has 2 aromatic heterocycles. The van der Waals surface area contributed by atoms with Gasteiger partial charge in [-0.05, 0) is 88.4 Å². The predicted molar refractivity (Wildman–Crippen MR) is 168 cm³/mol. The Kier molecular flexibility index (Phi) is 9.31. The van der Waals surface area contributed by atoms with Crippen LogP contribution in [0.4, 0.5) is 0 Å². The van der Waals surface area contributed by atoms with Gasteiger partial charge in [0.25, 0.3) is 15.9 Å². The molecule has 0 radical (unpaired) electrons. The summed E-state index contributed by atoms with van der Waals surface area (Å²) in [5.41, 5.74) is 3.86. The summed E-state index contributed by atoms with van der Waals surface area (Å²) >= 11 is 6.47. The molecule has 0 amide bonds. The van der Waals surface area contributed by atoms with Gasteiger partial charge in [0.15, 0.2) is 5.82 Å². The van der Waals surface area contributed by atoms with Crippen LogP contribution in [0.15, 0.2) is 70.2 Å². The van der Waals surface area contributed by atoms with Crippen LogP contribution in [0.2, 0.25) is 5.02 Å². The average Bonchev–Trinajstić information content (AvgIpc) is 3.63. The van der Waals surface area contributed by atoms with Crippen molar-refractivity contribution in [3.05, 3.63) is 88.5 Å². The molecule has 1 aliphatic rings. The number of hydrogen-bond acceptors (Lipinski definition) is 8. The van der Waals surface area contributed by atoms with Crippen molar-refractivity contribution in [1.29, 1.82) is 0 Å². The Morgan fingerprint density at radius 3 is 2.57 bits per heavy atom. The molecule has 0 N–H and O–H groups in total. The Labute approximate surface area is 262 Å². The monoisotopic (exact) mass is 637 g/mol. The highest BCUT2D eigenvalue weighted by molar-refractivity contribution is 7.90. The second-order valence-corrected chi connectivity index (χ2v) is 13.4. The summed E-state index contributed by atoms with van der Waals surface area (Å²) in [7, 11) is -3.95. The van der Waals surface area contributed by atoms with Crippen molar-refractivity contribution in [2.45, 2.75) is 70.8 Å². The summed E-state index contributed by atoms with van der Waals surface area (Å²) in [6.07, 6.45) is 5.08. The van der Waals surface area contributed by atoms with E-state index in [0.29, 0.717) is 47.3 Å². The van der Waals surface area contributed by atoms with Gasteiger partial charge in [-0.25, -0.2) is 12.4 Å². The number of carbonyl (C=O) groups is 1. The molecule has 1 aliphatic carbocycles. The molecule has 0 aliphatic heterocycles. The fourth-order valence-corrected chi connectivity index (χ4v) is 7.11. The standard InChI is InChI=1S/C33H36ClN3O6S/c1-6-41-29(38)9-7-8-23-18-22(5)30(31-26(23)16-17-37(31)44(39,40)25-13-10-21(4)11-14-25)32-35-33(43-36-32)24-12-15-28(27(34)19-24)42-20(2)3/h10-20,22,30H,6-9H2,1-5H3. The zero-order valence-electron chi connectivity index (χ0n) is 25.4. The van der Waals surface area contributed by atoms with Crippen LogP contribution in [-0.2, 0) is 19.6 Å². The van der Waals surface area contributed by atoms with Gasteiger partial charge >= 0.3 is 5.97 Å². The fraction of sp³-hybridized carbons (Fsp3) is 0.364. The number of aryl methyl sites for hydroxylation is 1. The lowest BCUT2D eigenvalue weighted by molar-refractivity contribution is -0.143. The van der Waals surface area contributed by atoms with Gasteiger partial charge in [0.2, 0.25) is 0 Å². The molecule has 0 saturated carbocycles. The molecule has 4 aromatic rings. The Balaban J connectivity index is 1.55. The lowest BCUT2D eigenvalue weighted by Gasteiger charge is -2.28. The van der Waals surface area contributed by atoms with Gasteiger partial charge in [0, 0.05) is 23.7 Å². The summed E-state index contributed by atoms with van der Waals surface area (Å²) in [5, 5.41) is 4.74. The van der Waals surface area contributed by atoms with Crippen molar-refractivity contribution < 1.29 is 27.2 Å². The SMILES string of the molecule is CCOC(=O)CCCC1=CC(C)C(c2noc(-c3ccc(OC(C)C)c(Cl)c3)n2)c2c1ccn2S(=O)(=O)c1ccc(C)cc1. The summed E-state index contributed by atoms with van der Waals surface area (Å²) in [6.45, 7) is 9.86. The third-order valence-corrected chi connectivity index (χ3v) is 9.49. The summed E-state index contributed by atoms with van der Waals surface area (Å²) < 4.78 is 45.9. The van der Waals surface area contributed by atoms with Crippen LogP contribution >= 0.6 is 11.6 Å². The van der Waals surface area contributed by atoms with E-state index in [-0.39, 0.29) is 35.2 Å². The van der Waals surface area contributed by atoms with Crippen LogP contribution in [-0.4, -0.2) is 41.2 Å². The van der Waals surface area contributed by atoms with Crippen LogP contribution in [0.1, 0.15) is 75.5 Å². The number of hydrogen-bond donors (Lipinski definition) is 0. The summed E-state index contributed by atoms with van der Waals surface area (Å²) in [5.74, 6) is 0.209. The molecule has 2 atom stereocenters. The smallest absolute Gasteiger partial charge is 0.305 e. The van der Waals surface area contributed by atoms with Crippen molar-refractivity contribution >= 4 is 33.2 Å². The quantitative estimate of drug-likeness (QED) is 0.156. The molecule has 5 rings (SSSR count). The molecule has 2 unspecified atom stereocenters. The Hall–Kier alpha value is -3.89. The number of esters is 1. The molecule has 2 heterocycles.